The van der Waals surface area contributed by atoms with Gasteiger partial charge in [0.15, 0.2) is 0 Å². The maximum absolute atomic E-state index is 13.6. The van der Waals surface area contributed by atoms with Gasteiger partial charge in [-0.3, -0.25) is 0 Å². The third-order valence-corrected chi connectivity index (χ3v) is 3.53. The van der Waals surface area contributed by atoms with Gasteiger partial charge in [-0.15, -0.1) is 11.3 Å². The van der Waals surface area contributed by atoms with E-state index in [0.717, 1.165) is 23.9 Å². The van der Waals surface area contributed by atoms with Crippen molar-refractivity contribution in [2.45, 2.75) is 13.5 Å². The minimum Gasteiger partial charge on any atom is -0.465 e. The van der Waals surface area contributed by atoms with Gasteiger partial charge < -0.3 is 10.1 Å². The van der Waals surface area contributed by atoms with Crippen LogP contribution in [-0.2, 0) is 11.3 Å². The topological polar surface area (TPSA) is 51.2 Å². The van der Waals surface area contributed by atoms with Crippen LogP contribution in [0.4, 0.5) is 14.5 Å². The highest BCUT2D eigenvalue weighted by atomic mass is 32.1. The third-order valence-electron chi connectivity index (χ3n) is 2.56. The predicted molar refractivity (Wildman–Crippen MR) is 71.9 cm³/mol. The summed E-state index contributed by atoms with van der Waals surface area (Å²) in [5.74, 6) is -2.58. The minimum atomic E-state index is -0.954. The molecule has 4 nitrogen and oxygen atoms in total. The zero-order valence-electron chi connectivity index (χ0n) is 10.9. The number of methoxy groups -OCH3 is 1. The molecule has 2 aromatic rings. The van der Waals surface area contributed by atoms with Gasteiger partial charge in [0.2, 0.25) is 0 Å². The largest absolute Gasteiger partial charge is 0.465 e. The average Bonchev–Trinajstić information content (AvgIpc) is 2.83. The highest BCUT2D eigenvalue weighted by Gasteiger charge is 2.16. The Morgan fingerprint density at radius 3 is 2.75 bits per heavy atom. The Kier molecular flexibility index (Phi) is 4.29. The highest BCUT2D eigenvalue weighted by molar-refractivity contribution is 7.09. The number of hydrogen-bond acceptors (Lipinski definition) is 5. The molecule has 0 saturated heterocycles. The van der Waals surface area contributed by atoms with E-state index >= 15 is 0 Å². The number of esters is 1. The smallest absolute Gasteiger partial charge is 0.340 e. The van der Waals surface area contributed by atoms with E-state index < -0.39 is 17.6 Å². The van der Waals surface area contributed by atoms with Gasteiger partial charge in [0.25, 0.3) is 0 Å². The van der Waals surface area contributed by atoms with Crippen molar-refractivity contribution < 1.29 is 18.3 Å². The number of hydrogen-bond donors (Lipinski definition) is 1. The number of benzene rings is 1. The van der Waals surface area contributed by atoms with E-state index in [2.05, 4.69) is 15.0 Å². The second-order valence-electron chi connectivity index (χ2n) is 4.04. The lowest BCUT2D eigenvalue weighted by Crippen LogP contribution is -2.08. The Morgan fingerprint density at radius 2 is 2.15 bits per heavy atom. The van der Waals surface area contributed by atoms with E-state index in [4.69, 9.17) is 0 Å². The van der Waals surface area contributed by atoms with Crippen LogP contribution >= 0.6 is 11.3 Å². The van der Waals surface area contributed by atoms with E-state index in [1.54, 1.807) is 0 Å². The Morgan fingerprint density at radius 1 is 1.40 bits per heavy atom. The van der Waals surface area contributed by atoms with Crippen molar-refractivity contribution in [1.29, 1.82) is 0 Å². The lowest BCUT2D eigenvalue weighted by atomic mass is 10.2. The fraction of sp³-hybridized carbons (Fsp3) is 0.231. The van der Waals surface area contributed by atoms with Crippen LogP contribution in [-0.4, -0.2) is 18.1 Å². The van der Waals surface area contributed by atoms with Gasteiger partial charge in [0, 0.05) is 17.1 Å². The Hall–Kier alpha value is -2.02. The fourth-order valence-corrected chi connectivity index (χ4v) is 2.32. The molecule has 0 saturated carbocycles. The van der Waals surface area contributed by atoms with Crippen LogP contribution < -0.4 is 5.32 Å². The highest BCUT2D eigenvalue weighted by Crippen LogP contribution is 2.21. The molecule has 7 heteroatoms. The monoisotopic (exact) mass is 298 g/mol. The average molecular weight is 298 g/mol. The van der Waals surface area contributed by atoms with E-state index in [9.17, 15) is 13.6 Å². The zero-order chi connectivity index (χ0) is 14.7. The van der Waals surface area contributed by atoms with Crippen molar-refractivity contribution in [3.05, 3.63) is 45.4 Å². The molecule has 0 amide bonds. The van der Waals surface area contributed by atoms with Crippen molar-refractivity contribution in [2.24, 2.45) is 0 Å². The first-order chi connectivity index (χ1) is 9.51. The van der Waals surface area contributed by atoms with Gasteiger partial charge in [-0.1, -0.05) is 0 Å². The first-order valence-electron chi connectivity index (χ1n) is 5.73. The van der Waals surface area contributed by atoms with Crippen LogP contribution in [0.25, 0.3) is 0 Å². The maximum Gasteiger partial charge on any atom is 0.340 e. The second kappa shape index (κ2) is 5.96. The van der Waals surface area contributed by atoms with E-state index in [-0.39, 0.29) is 11.3 Å². The first-order valence-corrected chi connectivity index (χ1v) is 6.61. The molecule has 1 heterocycles. The van der Waals surface area contributed by atoms with Gasteiger partial charge in [0.1, 0.15) is 16.6 Å². The van der Waals surface area contributed by atoms with Crippen LogP contribution in [0.5, 0.6) is 0 Å². The van der Waals surface area contributed by atoms with E-state index in [1.165, 1.54) is 11.3 Å². The summed E-state index contributed by atoms with van der Waals surface area (Å²) in [6.07, 6.45) is 0. The number of nitrogens with one attached hydrogen (secondary N) is 1. The molecule has 1 N–H and O–H groups in total. The number of aryl methyl sites for hydroxylation is 1. The van der Waals surface area contributed by atoms with Crippen LogP contribution in [0.1, 0.15) is 21.1 Å². The van der Waals surface area contributed by atoms with Gasteiger partial charge in [-0.25, -0.2) is 18.6 Å². The molecule has 20 heavy (non-hydrogen) atoms. The summed E-state index contributed by atoms with van der Waals surface area (Å²) in [7, 11) is 1.14. The summed E-state index contributed by atoms with van der Waals surface area (Å²) in [4.78, 5) is 15.6. The lowest BCUT2D eigenvalue weighted by Gasteiger charge is -2.08. The molecule has 0 bridgehead atoms. The molecule has 0 radical (unpaired) electrons. The van der Waals surface area contributed by atoms with Crippen molar-refractivity contribution in [1.82, 2.24) is 4.98 Å². The standard InChI is InChI=1S/C13H12F2N2O2S/c1-7-6-20-12(17-7)5-16-11-3-8(13(18)19-2)9(14)4-10(11)15/h3-4,6,16H,5H2,1-2H3. The molecular formula is C13H12F2N2O2S. The fourth-order valence-electron chi connectivity index (χ4n) is 1.61. The summed E-state index contributed by atoms with van der Waals surface area (Å²) in [6, 6.07) is 1.75. The van der Waals surface area contributed by atoms with E-state index in [1.807, 2.05) is 12.3 Å². The van der Waals surface area contributed by atoms with Crippen molar-refractivity contribution in [3.63, 3.8) is 0 Å². The number of halogens is 2. The number of anilines is 1. The van der Waals surface area contributed by atoms with Gasteiger partial charge >= 0.3 is 5.97 Å². The maximum atomic E-state index is 13.6. The number of rotatable bonds is 4. The van der Waals surface area contributed by atoms with Crippen LogP contribution in [0.15, 0.2) is 17.5 Å². The summed E-state index contributed by atoms with van der Waals surface area (Å²) in [5.41, 5.74) is 0.591. The number of nitrogens with zero attached hydrogens (tertiary/aromatic N) is 1. The summed E-state index contributed by atoms with van der Waals surface area (Å²) in [6.45, 7) is 2.15. The summed E-state index contributed by atoms with van der Waals surface area (Å²) in [5, 5.41) is 5.43. The molecule has 0 fully saturated rings. The van der Waals surface area contributed by atoms with Gasteiger partial charge in [-0.05, 0) is 13.0 Å². The van der Waals surface area contributed by atoms with Crippen molar-refractivity contribution >= 4 is 23.0 Å². The molecule has 0 aliphatic heterocycles. The molecule has 0 aliphatic rings. The molecule has 0 unspecified atom stereocenters. The number of carbonyl (C=O) groups excluding carboxylic acids is 1. The number of thiazole rings is 1. The van der Waals surface area contributed by atoms with Crippen molar-refractivity contribution in [2.75, 3.05) is 12.4 Å². The Labute approximate surface area is 118 Å². The molecule has 0 atom stereocenters. The molecule has 2 rings (SSSR count). The van der Waals surface area contributed by atoms with Crippen molar-refractivity contribution in [3.8, 4) is 0 Å². The Bertz CT molecular complexity index is 643. The molecule has 106 valence electrons. The quantitative estimate of drug-likeness (QED) is 0.881. The van der Waals surface area contributed by atoms with Crippen LogP contribution in [0, 0.1) is 18.6 Å². The van der Waals surface area contributed by atoms with Crippen LogP contribution in [0.2, 0.25) is 0 Å². The molecule has 1 aromatic heterocycles. The van der Waals surface area contributed by atoms with Crippen LogP contribution in [0.3, 0.4) is 0 Å². The lowest BCUT2D eigenvalue weighted by molar-refractivity contribution is 0.0595. The second-order valence-corrected chi connectivity index (χ2v) is 4.98. The van der Waals surface area contributed by atoms with Gasteiger partial charge in [-0.2, -0.15) is 0 Å². The summed E-state index contributed by atoms with van der Waals surface area (Å²) < 4.78 is 31.5. The SMILES string of the molecule is COC(=O)c1cc(NCc2nc(C)cs2)c(F)cc1F. The van der Waals surface area contributed by atoms with Gasteiger partial charge in [0.05, 0.1) is 24.9 Å². The zero-order valence-corrected chi connectivity index (χ0v) is 11.7. The minimum absolute atomic E-state index is 0.0275. The predicted octanol–water partition coefficient (Wildman–Crippen LogP) is 3.13. The molecule has 0 aliphatic carbocycles. The number of ether oxygens (including phenoxy) is 1. The summed E-state index contributed by atoms with van der Waals surface area (Å²) >= 11 is 1.43. The molecule has 0 spiro atoms. The number of aromatic nitrogens is 1. The normalized spacial score (nSPS) is 10.4. The Balaban J connectivity index is 2.20. The third kappa shape index (κ3) is 3.11. The van der Waals surface area contributed by atoms with E-state index in [0.29, 0.717) is 12.6 Å². The molecular weight excluding hydrogens is 286 g/mol. The molecule has 1 aromatic carbocycles. The first kappa shape index (κ1) is 14.4. The number of carbonyl (C=O) groups is 1.